The quantitative estimate of drug-likeness (QED) is 0.440. The Bertz CT molecular complexity index is 954. The van der Waals surface area contributed by atoms with Crippen molar-refractivity contribution in [3.05, 3.63) is 59.0 Å². The summed E-state index contributed by atoms with van der Waals surface area (Å²) in [6.45, 7) is 0. The second-order valence-electron chi connectivity index (χ2n) is 4.94. The molecule has 0 amide bonds. The number of benzene rings is 2. The normalized spacial score (nSPS) is 10.8. The molecule has 0 aliphatic heterocycles. The summed E-state index contributed by atoms with van der Waals surface area (Å²) in [6, 6.07) is 14.6. The molecule has 5 nitrogen and oxygen atoms in total. The third-order valence-electron chi connectivity index (χ3n) is 3.42. The van der Waals surface area contributed by atoms with E-state index in [9.17, 15) is 4.79 Å². The van der Waals surface area contributed by atoms with Gasteiger partial charge in [0.05, 0.1) is 18.4 Å². The van der Waals surface area contributed by atoms with Crippen molar-refractivity contribution in [2.45, 2.75) is 5.16 Å². The third-order valence-corrected chi connectivity index (χ3v) is 4.59. The van der Waals surface area contributed by atoms with Crippen LogP contribution < -0.4 is 5.49 Å². The number of nitrogens with one attached hydrogen (secondary N) is 1. The first-order valence-electron chi connectivity index (χ1n) is 7.12. The molecule has 0 unspecified atom stereocenters. The molecule has 0 saturated heterocycles. The van der Waals surface area contributed by atoms with Crippen LogP contribution in [-0.4, -0.2) is 28.4 Å². The molecule has 24 heavy (non-hydrogen) atoms. The highest BCUT2D eigenvalue weighted by Crippen LogP contribution is 2.22. The monoisotopic (exact) mass is 359 g/mol. The van der Waals surface area contributed by atoms with E-state index in [2.05, 4.69) is 9.72 Å². The van der Waals surface area contributed by atoms with Crippen molar-refractivity contribution in [3.63, 3.8) is 0 Å². The Kier molecular flexibility index (Phi) is 4.87. The molecule has 1 N–H and O–H groups in total. The number of para-hydroxylation sites is 1. The van der Waals surface area contributed by atoms with E-state index in [1.54, 1.807) is 16.7 Å². The van der Waals surface area contributed by atoms with Crippen LogP contribution in [-0.2, 0) is 9.53 Å². The van der Waals surface area contributed by atoms with Gasteiger partial charge in [-0.15, -0.1) is 0 Å². The zero-order valence-corrected chi connectivity index (χ0v) is 14.4. The molecule has 0 radical (unpaired) electrons. The molecule has 122 valence electrons. The number of rotatable bonds is 4. The van der Waals surface area contributed by atoms with E-state index in [0.29, 0.717) is 21.2 Å². The van der Waals surface area contributed by atoms with E-state index in [1.807, 2.05) is 36.4 Å². The minimum atomic E-state index is -0.343. The number of hydrogen-bond acceptors (Lipinski definition) is 5. The molecular formula is C17H14ClN3O2S. The fourth-order valence-electron chi connectivity index (χ4n) is 2.25. The average molecular weight is 360 g/mol. The molecule has 0 atom stereocenters. The Labute approximate surface area is 147 Å². The van der Waals surface area contributed by atoms with Gasteiger partial charge in [0.2, 0.25) is 0 Å². The van der Waals surface area contributed by atoms with Crippen LogP contribution in [0.4, 0.5) is 0 Å². The molecule has 3 rings (SSSR count). The molecular weight excluding hydrogens is 346 g/mol. The van der Waals surface area contributed by atoms with Crippen LogP contribution in [0.5, 0.6) is 0 Å². The van der Waals surface area contributed by atoms with Gasteiger partial charge in [-0.3, -0.25) is 14.8 Å². The molecule has 3 aromatic rings. The van der Waals surface area contributed by atoms with Gasteiger partial charge in [-0.2, -0.15) is 0 Å². The molecule has 1 aromatic heterocycles. The SMILES string of the molecule is COC(=O)CSc1nc2ccccc2c(=N)n1-c1ccc(Cl)cc1. The van der Waals surface area contributed by atoms with Crippen molar-refractivity contribution in [2.75, 3.05) is 12.9 Å². The Balaban J connectivity index is 2.19. The molecule has 0 aliphatic rings. The van der Waals surface area contributed by atoms with Crippen molar-refractivity contribution >= 4 is 40.2 Å². The highest BCUT2D eigenvalue weighted by atomic mass is 35.5. The molecule has 0 fully saturated rings. The summed E-state index contributed by atoms with van der Waals surface area (Å²) >= 11 is 7.19. The van der Waals surface area contributed by atoms with Crippen molar-refractivity contribution in [2.24, 2.45) is 0 Å². The Hall–Kier alpha value is -2.31. The maximum Gasteiger partial charge on any atom is 0.316 e. The molecule has 0 aliphatic carbocycles. The number of aromatic nitrogens is 2. The van der Waals surface area contributed by atoms with Gasteiger partial charge in [0, 0.05) is 16.1 Å². The fraction of sp³-hybridized carbons (Fsp3) is 0.118. The summed E-state index contributed by atoms with van der Waals surface area (Å²) < 4.78 is 6.39. The third kappa shape index (κ3) is 3.29. The summed E-state index contributed by atoms with van der Waals surface area (Å²) in [5.41, 5.74) is 1.77. The number of ether oxygens (including phenoxy) is 1. The number of esters is 1. The number of nitrogens with zero attached hydrogens (tertiary/aromatic N) is 2. The van der Waals surface area contributed by atoms with Crippen molar-refractivity contribution in [1.82, 2.24) is 9.55 Å². The number of carbonyl (C=O) groups excluding carboxylic acids is 1. The molecule has 1 heterocycles. The summed E-state index contributed by atoms with van der Waals surface area (Å²) in [7, 11) is 1.35. The van der Waals surface area contributed by atoms with E-state index in [-0.39, 0.29) is 11.7 Å². The number of methoxy groups -OCH3 is 1. The summed E-state index contributed by atoms with van der Waals surface area (Å²) in [5.74, 6) is -0.223. The van der Waals surface area contributed by atoms with Crippen LogP contribution in [0.25, 0.3) is 16.6 Å². The minimum Gasteiger partial charge on any atom is -0.468 e. The van der Waals surface area contributed by atoms with Gasteiger partial charge in [-0.25, -0.2) is 4.98 Å². The molecule has 7 heteroatoms. The Morgan fingerprint density at radius 3 is 2.67 bits per heavy atom. The van der Waals surface area contributed by atoms with Crippen LogP contribution in [0.1, 0.15) is 0 Å². The van der Waals surface area contributed by atoms with Gasteiger partial charge < -0.3 is 4.74 Å². The van der Waals surface area contributed by atoms with Crippen molar-refractivity contribution < 1.29 is 9.53 Å². The molecule has 0 bridgehead atoms. The Morgan fingerprint density at radius 2 is 1.96 bits per heavy atom. The summed E-state index contributed by atoms with van der Waals surface area (Å²) in [4.78, 5) is 16.1. The van der Waals surface area contributed by atoms with E-state index >= 15 is 0 Å². The van der Waals surface area contributed by atoms with Gasteiger partial charge in [0.25, 0.3) is 0 Å². The smallest absolute Gasteiger partial charge is 0.316 e. The second-order valence-corrected chi connectivity index (χ2v) is 6.32. The highest BCUT2D eigenvalue weighted by molar-refractivity contribution is 7.99. The zero-order chi connectivity index (χ0) is 17.1. The lowest BCUT2D eigenvalue weighted by Gasteiger charge is -2.14. The maximum absolute atomic E-state index is 11.5. The number of carbonyl (C=O) groups is 1. The number of hydrogen-bond donors (Lipinski definition) is 1. The highest BCUT2D eigenvalue weighted by Gasteiger charge is 2.13. The minimum absolute atomic E-state index is 0.120. The summed E-state index contributed by atoms with van der Waals surface area (Å²) in [6.07, 6.45) is 0. The van der Waals surface area contributed by atoms with E-state index in [4.69, 9.17) is 17.0 Å². The number of fused-ring (bicyclic) bond motifs is 1. The average Bonchev–Trinajstić information content (AvgIpc) is 2.61. The first kappa shape index (κ1) is 16.5. The molecule has 0 spiro atoms. The van der Waals surface area contributed by atoms with E-state index < -0.39 is 0 Å². The largest absolute Gasteiger partial charge is 0.468 e. The van der Waals surface area contributed by atoms with E-state index in [1.165, 1.54) is 18.9 Å². The van der Waals surface area contributed by atoms with Crippen LogP contribution in [0.2, 0.25) is 5.02 Å². The molecule has 0 saturated carbocycles. The predicted molar refractivity (Wildman–Crippen MR) is 94.7 cm³/mol. The first-order valence-corrected chi connectivity index (χ1v) is 8.48. The van der Waals surface area contributed by atoms with Crippen LogP contribution >= 0.6 is 23.4 Å². The number of halogens is 1. The van der Waals surface area contributed by atoms with E-state index in [0.717, 1.165) is 11.1 Å². The zero-order valence-electron chi connectivity index (χ0n) is 12.8. The van der Waals surface area contributed by atoms with Crippen molar-refractivity contribution in [3.8, 4) is 5.69 Å². The maximum atomic E-state index is 11.5. The van der Waals surface area contributed by atoms with Gasteiger partial charge in [0.1, 0.15) is 5.49 Å². The van der Waals surface area contributed by atoms with Crippen LogP contribution in [0, 0.1) is 5.41 Å². The first-order chi connectivity index (χ1) is 11.6. The predicted octanol–water partition coefficient (Wildman–Crippen LogP) is 3.42. The standard InChI is InChI=1S/C17H14ClN3O2S/c1-23-15(22)10-24-17-20-14-5-3-2-4-13(14)16(19)21(17)12-8-6-11(18)7-9-12/h2-9,19H,10H2,1H3. The van der Waals surface area contributed by atoms with Gasteiger partial charge in [0.15, 0.2) is 5.16 Å². The van der Waals surface area contributed by atoms with Crippen molar-refractivity contribution in [1.29, 1.82) is 5.41 Å². The van der Waals surface area contributed by atoms with Gasteiger partial charge in [-0.05, 0) is 36.4 Å². The lowest BCUT2D eigenvalue weighted by Crippen LogP contribution is -2.22. The van der Waals surface area contributed by atoms with Gasteiger partial charge >= 0.3 is 5.97 Å². The lowest BCUT2D eigenvalue weighted by atomic mass is 10.2. The lowest BCUT2D eigenvalue weighted by molar-refractivity contribution is -0.137. The fourth-order valence-corrected chi connectivity index (χ4v) is 3.23. The van der Waals surface area contributed by atoms with Crippen LogP contribution in [0.15, 0.2) is 53.7 Å². The Morgan fingerprint density at radius 1 is 1.25 bits per heavy atom. The topological polar surface area (TPSA) is 68.0 Å². The second kappa shape index (κ2) is 7.07. The summed E-state index contributed by atoms with van der Waals surface area (Å²) in [5, 5.41) is 10.5. The number of thioether (sulfide) groups is 1. The molecule has 2 aromatic carbocycles. The van der Waals surface area contributed by atoms with Gasteiger partial charge in [-0.1, -0.05) is 35.5 Å². The van der Waals surface area contributed by atoms with Crippen LogP contribution in [0.3, 0.4) is 0 Å².